The SMILES string of the molecule is CCOC(CC)C(O)Cc1ccc(C)cc1. The van der Waals surface area contributed by atoms with E-state index < -0.39 is 6.10 Å². The lowest BCUT2D eigenvalue weighted by atomic mass is 10.0. The Hall–Kier alpha value is -0.860. The molecule has 0 saturated carbocycles. The quantitative estimate of drug-likeness (QED) is 0.802. The summed E-state index contributed by atoms with van der Waals surface area (Å²) in [6.45, 7) is 6.72. The van der Waals surface area contributed by atoms with Gasteiger partial charge in [0.1, 0.15) is 0 Å². The predicted molar refractivity (Wildman–Crippen MR) is 66.6 cm³/mol. The molecule has 0 saturated heterocycles. The van der Waals surface area contributed by atoms with Gasteiger partial charge in [0.15, 0.2) is 0 Å². The van der Waals surface area contributed by atoms with Crippen LogP contribution in [0.4, 0.5) is 0 Å². The van der Waals surface area contributed by atoms with Crippen molar-refractivity contribution in [2.24, 2.45) is 0 Å². The molecule has 16 heavy (non-hydrogen) atoms. The molecule has 1 N–H and O–H groups in total. The smallest absolute Gasteiger partial charge is 0.0841 e. The Balaban J connectivity index is 2.55. The normalized spacial score (nSPS) is 14.8. The number of aliphatic hydroxyl groups excluding tert-OH is 1. The summed E-state index contributed by atoms with van der Waals surface area (Å²) in [5.74, 6) is 0. The second-order valence-electron chi connectivity index (χ2n) is 4.16. The largest absolute Gasteiger partial charge is 0.390 e. The predicted octanol–water partition coefficient (Wildman–Crippen LogP) is 2.71. The van der Waals surface area contributed by atoms with Gasteiger partial charge in [-0.2, -0.15) is 0 Å². The van der Waals surface area contributed by atoms with Gasteiger partial charge >= 0.3 is 0 Å². The molecule has 0 aliphatic heterocycles. The van der Waals surface area contributed by atoms with E-state index in [0.29, 0.717) is 13.0 Å². The van der Waals surface area contributed by atoms with Crippen molar-refractivity contribution in [1.82, 2.24) is 0 Å². The van der Waals surface area contributed by atoms with Crippen molar-refractivity contribution in [3.63, 3.8) is 0 Å². The first-order valence-electron chi connectivity index (χ1n) is 6.02. The zero-order chi connectivity index (χ0) is 12.0. The van der Waals surface area contributed by atoms with E-state index in [1.807, 2.05) is 13.8 Å². The molecule has 2 atom stereocenters. The number of benzene rings is 1. The fraction of sp³-hybridized carbons (Fsp3) is 0.571. The van der Waals surface area contributed by atoms with Crippen LogP contribution in [0.3, 0.4) is 0 Å². The minimum atomic E-state index is -0.410. The number of aryl methyl sites for hydroxylation is 1. The first-order valence-corrected chi connectivity index (χ1v) is 6.02. The zero-order valence-electron chi connectivity index (χ0n) is 10.4. The van der Waals surface area contributed by atoms with E-state index in [-0.39, 0.29) is 6.10 Å². The van der Waals surface area contributed by atoms with Crippen molar-refractivity contribution >= 4 is 0 Å². The molecule has 2 nitrogen and oxygen atoms in total. The van der Waals surface area contributed by atoms with E-state index in [9.17, 15) is 5.11 Å². The van der Waals surface area contributed by atoms with Gasteiger partial charge in [-0.25, -0.2) is 0 Å². The van der Waals surface area contributed by atoms with Gasteiger partial charge in [0.2, 0.25) is 0 Å². The van der Waals surface area contributed by atoms with Crippen LogP contribution in [0.25, 0.3) is 0 Å². The molecule has 1 aromatic carbocycles. The van der Waals surface area contributed by atoms with Crippen LogP contribution in [-0.4, -0.2) is 23.9 Å². The lowest BCUT2D eigenvalue weighted by Gasteiger charge is -2.21. The minimum absolute atomic E-state index is 0.0497. The van der Waals surface area contributed by atoms with E-state index in [4.69, 9.17) is 4.74 Å². The van der Waals surface area contributed by atoms with Crippen molar-refractivity contribution in [3.8, 4) is 0 Å². The van der Waals surface area contributed by atoms with Gasteiger partial charge in [-0.15, -0.1) is 0 Å². The Labute approximate surface area is 98.3 Å². The molecule has 2 unspecified atom stereocenters. The average Bonchev–Trinajstić information content (AvgIpc) is 2.29. The highest BCUT2D eigenvalue weighted by atomic mass is 16.5. The maximum absolute atomic E-state index is 10.0. The topological polar surface area (TPSA) is 29.5 Å². The van der Waals surface area contributed by atoms with E-state index in [1.165, 1.54) is 5.56 Å². The molecule has 0 aromatic heterocycles. The van der Waals surface area contributed by atoms with Crippen molar-refractivity contribution in [3.05, 3.63) is 35.4 Å². The second kappa shape index (κ2) is 6.66. The fourth-order valence-corrected chi connectivity index (χ4v) is 1.81. The van der Waals surface area contributed by atoms with Crippen LogP contribution in [0, 0.1) is 6.92 Å². The summed E-state index contributed by atoms with van der Waals surface area (Å²) in [6, 6.07) is 8.28. The minimum Gasteiger partial charge on any atom is -0.390 e. The van der Waals surface area contributed by atoms with Crippen LogP contribution in [0.2, 0.25) is 0 Å². The summed E-state index contributed by atoms with van der Waals surface area (Å²) in [7, 11) is 0. The molecule has 0 heterocycles. The Morgan fingerprint density at radius 2 is 1.81 bits per heavy atom. The van der Waals surface area contributed by atoms with Crippen LogP contribution in [0.5, 0.6) is 0 Å². The Bertz CT molecular complexity index is 292. The maximum atomic E-state index is 10.0. The maximum Gasteiger partial charge on any atom is 0.0841 e. The molecular formula is C14H22O2. The van der Waals surface area contributed by atoms with Gasteiger partial charge in [-0.3, -0.25) is 0 Å². The highest BCUT2D eigenvalue weighted by Crippen LogP contribution is 2.12. The third-order valence-corrected chi connectivity index (χ3v) is 2.78. The molecule has 0 radical (unpaired) electrons. The molecule has 2 heteroatoms. The van der Waals surface area contributed by atoms with Crippen molar-refractivity contribution in [1.29, 1.82) is 0 Å². The highest BCUT2D eigenvalue weighted by Gasteiger charge is 2.17. The van der Waals surface area contributed by atoms with Crippen LogP contribution in [-0.2, 0) is 11.2 Å². The van der Waals surface area contributed by atoms with E-state index in [2.05, 4.69) is 31.2 Å². The number of aliphatic hydroxyl groups is 1. The average molecular weight is 222 g/mol. The molecule has 1 rings (SSSR count). The Kier molecular flexibility index (Phi) is 5.50. The number of ether oxygens (including phenoxy) is 1. The molecule has 0 spiro atoms. The van der Waals surface area contributed by atoms with Crippen LogP contribution < -0.4 is 0 Å². The number of rotatable bonds is 6. The van der Waals surface area contributed by atoms with Gasteiger partial charge in [-0.05, 0) is 25.8 Å². The first-order chi connectivity index (χ1) is 7.67. The standard InChI is InChI=1S/C14H22O2/c1-4-14(16-5-2)13(15)10-12-8-6-11(3)7-9-12/h6-9,13-15H,4-5,10H2,1-3H3. The van der Waals surface area contributed by atoms with E-state index in [1.54, 1.807) is 0 Å². The van der Waals surface area contributed by atoms with Crippen LogP contribution >= 0.6 is 0 Å². The lowest BCUT2D eigenvalue weighted by molar-refractivity contribution is -0.0334. The fourth-order valence-electron chi connectivity index (χ4n) is 1.81. The summed E-state index contributed by atoms with van der Waals surface area (Å²) in [4.78, 5) is 0. The Morgan fingerprint density at radius 3 is 2.31 bits per heavy atom. The molecule has 1 aromatic rings. The van der Waals surface area contributed by atoms with Crippen LogP contribution in [0.1, 0.15) is 31.4 Å². The molecule has 90 valence electrons. The van der Waals surface area contributed by atoms with Crippen LogP contribution in [0.15, 0.2) is 24.3 Å². The highest BCUT2D eigenvalue weighted by molar-refractivity contribution is 5.21. The molecule has 0 bridgehead atoms. The van der Waals surface area contributed by atoms with Gasteiger partial charge in [0.25, 0.3) is 0 Å². The van der Waals surface area contributed by atoms with E-state index in [0.717, 1.165) is 12.0 Å². The molecule has 0 amide bonds. The van der Waals surface area contributed by atoms with Gasteiger partial charge in [-0.1, -0.05) is 36.8 Å². The van der Waals surface area contributed by atoms with Gasteiger partial charge in [0.05, 0.1) is 12.2 Å². The monoisotopic (exact) mass is 222 g/mol. The lowest BCUT2D eigenvalue weighted by Crippen LogP contribution is -2.30. The summed E-state index contributed by atoms with van der Waals surface area (Å²) >= 11 is 0. The summed E-state index contributed by atoms with van der Waals surface area (Å²) in [5, 5.41) is 10.0. The summed E-state index contributed by atoms with van der Waals surface area (Å²) in [5.41, 5.74) is 2.41. The molecule has 0 aliphatic rings. The Morgan fingerprint density at radius 1 is 1.19 bits per heavy atom. The summed E-state index contributed by atoms with van der Waals surface area (Å²) < 4.78 is 5.50. The van der Waals surface area contributed by atoms with Crippen molar-refractivity contribution in [2.75, 3.05) is 6.61 Å². The second-order valence-corrected chi connectivity index (χ2v) is 4.16. The third-order valence-electron chi connectivity index (χ3n) is 2.78. The molecular weight excluding hydrogens is 200 g/mol. The summed E-state index contributed by atoms with van der Waals surface area (Å²) in [6.07, 6.45) is 1.05. The molecule has 0 aliphatic carbocycles. The molecule has 0 fully saturated rings. The van der Waals surface area contributed by atoms with Crippen molar-refractivity contribution < 1.29 is 9.84 Å². The third kappa shape index (κ3) is 3.95. The van der Waals surface area contributed by atoms with Gasteiger partial charge in [0, 0.05) is 13.0 Å². The van der Waals surface area contributed by atoms with E-state index >= 15 is 0 Å². The zero-order valence-corrected chi connectivity index (χ0v) is 10.4. The van der Waals surface area contributed by atoms with Crippen molar-refractivity contribution in [2.45, 2.75) is 45.8 Å². The first kappa shape index (κ1) is 13.2. The van der Waals surface area contributed by atoms with Gasteiger partial charge < -0.3 is 9.84 Å². The number of hydrogen-bond donors (Lipinski definition) is 1. The number of hydrogen-bond acceptors (Lipinski definition) is 2.